The lowest BCUT2D eigenvalue weighted by Gasteiger charge is -2.22. The largest absolute Gasteiger partial charge is 0.393 e. The molecule has 1 aromatic carbocycles. The molecule has 2 atom stereocenters. The minimum absolute atomic E-state index is 0.0312. The summed E-state index contributed by atoms with van der Waals surface area (Å²) in [5.41, 5.74) is 2.07. The zero-order valence-electron chi connectivity index (χ0n) is 12.2. The number of hydrogen-bond acceptors (Lipinski definition) is 2. The van der Waals surface area contributed by atoms with Gasteiger partial charge in [-0.1, -0.05) is 29.3 Å². The van der Waals surface area contributed by atoms with Crippen LogP contribution in [0.4, 0.5) is 4.79 Å². The lowest BCUT2D eigenvalue weighted by atomic mass is 10.1. The van der Waals surface area contributed by atoms with Crippen LogP contribution in [-0.2, 0) is 6.42 Å². The Morgan fingerprint density at radius 2 is 2.24 bits per heavy atom. The Kier molecular flexibility index (Phi) is 5.36. The number of aliphatic hydroxyl groups excluding tert-OH is 1. The Morgan fingerprint density at radius 3 is 2.90 bits per heavy atom. The summed E-state index contributed by atoms with van der Waals surface area (Å²) in [6.07, 6.45) is 1.79. The highest BCUT2D eigenvalue weighted by atomic mass is 35.5. The third-order valence-electron chi connectivity index (χ3n) is 3.82. The number of carbonyl (C=O) groups is 1. The molecule has 6 heteroatoms. The molecule has 1 aromatic rings. The maximum atomic E-state index is 12.1. The highest BCUT2D eigenvalue weighted by Crippen LogP contribution is 2.39. The van der Waals surface area contributed by atoms with Gasteiger partial charge in [0.1, 0.15) is 0 Å². The highest BCUT2D eigenvalue weighted by Gasteiger charge is 2.27. The van der Waals surface area contributed by atoms with Gasteiger partial charge >= 0.3 is 6.03 Å². The fraction of sp³-hybridized carbons (Fsp3) is 0.533. The van der Waals surface area contributed by atoms with Crippen molar-refractivity contribution in [2.45, 2.75) is 38.3 Å². The quantitative estimate of drug-likeness (QED) is 0.888. The topological polar surface area (TPSA) is 52.6 Å². The third-order valence-corrected chi connectivity index (χ3v) is 4.66. The highest BCUT2D eigenvalue weighted by molar-refractivity contribution is 6.42. The van der Waals surface area contributed by atoms with E-state index in [-0.39, 0.29) is 12.1 Å². The Balaban J connectivity index is 2.00. The van der Waals surface area contributed by atoms with Gasteiger partial charge in [0.05, 0.1) is 22.2 Å². The number of aliphatic hydroxyl groups is 1. The number of benzene rings is 1. The molecule has 116 valence electrons. The Labute approximate surface area is 135 Å². The summed E-state index contributed by atoms with van der Waals surface area (Å²) in [5.74, 6) is 0. The first-order chi connectivity index (χ1) is 9.90. The van der Waals surface area contributed by atoms with Gasteiger partial charge in [-0.2, -0.15) is 0 Å². The van der Waals surface area contributed by atoms with Crippen molar-refractivity contribution >= 4 is 29.2 Å². The Morgan fingerprint density at radius 1 is 1.52 bits per heavy atom. The van der Waals surface area contributed by atoms with E-state index in [2.05, 4.69) is 5.32 Å². The SMILES string of the molecule is CC(O)CCN(C)C(=O)NC1CCc2c1ccc(Cl)c2Cl. The van der Waals surface area contributed by atoms with Gasteiger partial charge in [0.25, 0.3) is 0 Å². The van der Waals surface area contributed by atoms with Crippen LogP contribution in [0.25, 0.3) is 0 Å². The number of hydrogen-bond donors (Lipinski definition) is 2. The second-order valence-electron chi connectivity index (χ2n) is 5.53. The van der Waals surface area contributed by atoms with Crippen LogP contribution in [0.1, 0.15) is 36.9 Å². The van der Waals surface area contributed by atoms with Crippen LogP contribution in [0.5, 0.6) is 0 Å². The molecule has 1 aliphatic carbocycles. The summed E-state index contributed by atoms with van der Waals surface area (Å²) in [5, 5.41) is 13.4. The summed E-state index contributed by atoms with van der Waals surface area (Å²) >= 11 is 12.2. The van der Waals surface area contributed by atoms with Crippen molar-refractivity contribution < 1.29 is 9.90 Å². The predicted octanol–water partition coefficient (Wildman–Crippen LogP) is 3.39. The molecule has 2 N–H and O–H groups in total. The van der Waals surface area contributed by atoms with Crippen molar-refractivity contribution in [3.05, 3.63) is 33.3 Å². The maximum Gasteiger partial charge on any atom is 0.317 e. The van der Waals surface area contributed by atoms with E-state index in [4.69, 9.17) is 23.2 Å². The van der Waals surface area contributed by atoms with Crippen LogP contribution in [-0.4, -0.2) is 35.7 Å². The maximum absolute atomic E-state index is 12.1. The summed E-state index contributed by atoms with van der Waals surface area (Å²) in [7, 11) is 1.72. The first kappa shape index (κ1) is 16.4. The molecule has 0 aromatic heterocycles. The molecule has 0 fully saturated rings. The number of rotatable bonds is 4. The minimum Gasteiger partial charge on any atom is -0.393 e. The van der Waals surface area contributed by atoms with E-state index in [9.17, 15) is 9.90 Å². The van der Waals surface area contributed by atoms with Crippen molar-refractivity contribution in [1.82, 2.24) is 10.2 Å². The molecular weight excluding hydrogens is 311 g/mol. The van der Waals surface area contributed by atoms with Gasteiger partial charge in [-0.3, -0.25) is 0 Å². The molecule has 2 amide bonds. The van der Waals surface area contributed by atoms with Crippen molar-refractivity contribution in [2.24, 2.45) is 0 Å². The van der Waals surface area contributed by atoms with Crippen molar-refractivity contribution in [3.63, 3.8) is 0 Å². The fourth-order valence-electron chi connectivity index (χ4n) is 2.52. The molecule has 0 radical (unpaired) electrons. The minimum atomic E-state index is -0.409. The molecule has 4 nitrogen and oxygen atoms in total. The molecular formula is C15H20Cl2N2O2. The number of fused-ring (bicyclic) bond motifs is 1. The van der Waals surface area contributed by atoms with Crippen LogP contribution in [0.15, 0.2) is 12.1 Å². The summed E-state index contributed by atoms with van der Waals surface area (Å²) in [6.45, 7) is 2.23. The second kappa shape index (κ2) is 6.86. The van der Waals surface area contributed by atoms with Crippen LogP contribution in [0.2, 0.25) is 10.0 Å². The zero-order valence-corrected chi connectivity index (χ0v) is 13.7. The van der Waals surface area contributed by atoms with E-state index >= 15 is 0 Å². The molecule has 21 heavy (non-hydrogen) atoms. The normalized spacial score (nSPS) is 18.2. The third kappa shape index (κ3) is 3.82. The fourth-order valence-corrected chi connectivity index (χ4v) is 2.97. The van der Waals surface area contributed by atoms with Gasteiger partial charge < -0.3 is 15.3 Å². The van der Waals surface area contributed by atoms with Crippen molar-refractivity contribution in [3.8, 4) is 0 Å². The standard InChI is InChI=1S/C15H20Cl2N2O2/c1-9(20)7-8-19(2)15(21)18-13-6-4-11-10(13)3-5-12(16)14(11)17/h3,5,9,13,20H,4,6-8H2,1-2H3,(H,18,21). The lowest BCUT2D eigenvalue weighted by Crippen LogP contribution is -2.39. The second-order valence-corrected chi connectivity index (χ2v) is 6.31. The van der Waals surface area contributed by atoms with E-state index in [0.717, 1.165) is 24.0 Å². The first-order valence-electron chi connectivity index (χ1n) is 7.06. The number of urea groups is 1. The summed E-state index contributed by atoms with van der Waals surface area (Å²) in [4.78, 5) is 13.7. The number of carbonyl (C=O) groups excluding carboxylic acids is 1. The number of nitrogens with one attached hydrogen (secondary N) is 1. The molecule has 0 heterocycles. The smallest absolute Gasteiger partial charge is 0.317 e. The van der Waals surface area contributed by atoms with Crippen molar-refractivity contribution in [2.75, 3.05) is 13.6 Å². The molecule has 0 saturated carbocycles. The van der Waals surface area contributed by atoms with Crippen LogP contribution in [0, 0.1) is 0 Å². The molecule has 2 rings (SSSR count). The monoisotopic (exact) mass is 330 g/mol. The Bertz CT molecular complexity index is 535. The molecule has 0 saturated heterocycles. The number of nitrogens with zero attached hydrogens (tertiary/aromatic N) is 1. The van der Waals surface area contributed by atoms with E-state index in [1.54, 1.807) is 24.9 Å². The molecule has 0 bridgehead atoms. The van der Waals surface area contributed by atoms with E-state index in [1.165, 1.54) is 0 Å². The van der Waals surface area contributed by atoms with Crippen molar-refractivity contribution in [1.29, 1.82) is 0 Å². The van der Waals surface area contributed by atoms with Crippen LogP contribution >= 0.6 is 23.2 Å². The summed E-state index contributed by atoms with van der Waals surface area (Å²) in [6, 6.07) is 3.53. The van der Waals surface area contributed by atoms with E-state index in [0.29, 0.717) is 23.0 Å². The van der Waals surface area contributed by atoms with Gasteiger partial charge in [-0.15, -0.1) is 0 Å². The molecule has 0 aliphatic heterocycles. The van der Waals surface area contributed by atoms with E-state index < -0.39 is 6.10 Å². The Hall–Kier alpha value is -0.970. The first-order valence-corrected chi connectivity index (χ1v) is 7.82. The lowest BCUT2D eigenvalue weighted by molar-refractivity contribution is 0.162. The average molecular weight is 331 g/mol. The number of amides is 2. The van der Waals surface area contributed by atoms with Gasteiger partial charge in [0.2, 0.25) is 0 Å². The predicted molar refractivity (Wildman–Crippen MR) is 85.0 cm³/mol. The average Bonchev–Trinajstić information content (AvgIpc) is 2.83. The van der Waals surface area contributed by atoms with Gasteiger partial charge in [0, 0.05) is 13.6 Å². The van der Waals surface area contributed by atoms with E-state index in [1.807, 2.05) is 6.07 Å². The van der Waals surface area contributed by atoms with Crippen LogP contribution < -0.4 is 5.32 Å². The van der Waals surface area contributed by atoms with Gasteiger partial charge in [-0.25, -0.2) is 4.79 Å². The van der Waals surface area contributed by atoms with Crippen LogP contribution in [0.3, 0.4) is 0 Å². The zero-order chi connectivity index (χ0) is 15.6. The summed E-state index contributed by atoms with van der Waals surface area (Å²) < 4.78 is 0. The van der Waals surface area contributed by atoms with Gasteiger partial charge in [0.15, 0.2) is 0 Å². The number of halogens is 2. The molecule has 0 spiro atoms. The molecule has 2 unspecified atom stereocenters. The molecule has 1 aliphatic rings. The van der Waals surface area contributed by atoms with Gasteiger partial charge in [-0.05, 0) is 43.4 Å².